The molecule has 0 atom stereocenters. The van der Waals surface area contributed by atoms with Gasteiger partial charge in [0.2, 0.25) is 0 Å². The summed E-state index contributed by atoms with van der Waals surface area (Å²) in [5.41, 5.74) is 1.45. The molecule has 112 valence electrons. The van der Waals surface area contributed by atoms with Gasteiger partial charge in [0.25, 0.3) is 5.91 Å². The Morgan fingerprint density at radius 3 is 2.90 bits per heavy atom. The monoisotopic (exact) mass is 306 g/mol. The lowest BCUT2D eigenvalue weighted by Gasteiger charge is -2.28. The predicted molar refractivity (Wildman–Crippen MR) is 80.5 cm³/mol. The largest absolute Gasteiger partial charge is 0.378 e. The molecular formula is C13H18N6OS. The van der Waals surface area contributed by atoms with Gasteiger partial charge >= 0.3 is 0 Å². The molecule has 2 aromatic heterocycles. The van der Waals surface area contributed by atoms with Gasteiger partial charge in [-0.3, -0.25) is 4.79 Å². The fourth-order valence-electron chi connectivity index (χ4n) is 2.60. The molecule has 1 N–H and O–H groups in total. The molecule has 1 aliphatic heterocycles. The van der Waals surface area contributed by atoms with Crippen LogP contribution >= 0.6 is 11.5 Å². The van der Waals surface area contributed by atoms with Gasteiger partial charge in [-0.1, -0.05) is 6.92 Å². The summed E-state index contributed by atoms with van der Waals surface area (Å²) in [6.07, 6.45) is 0.860. The van der Waals surface area contributed by atoms with Crippen LogP contribution in [0.15, 0.2) is 0 Å². The highest BCUT2D eigenvalue weighted by Crippen LogP contribution is 2.26. The maximum atomic E-state index is 12.7. The highest BCUT2D eigenvalue weighted by molar-refractivity contribution is 7.10. The van der Waals surface area contributed by atoms with Crippen LogP contribution in [0.2, 0.25) is 0 Å². The van der Waals surface area contributed by atoms with E-state index in [2.05, 4.69) is 31.4 Å². The number of carbonyl (C=O) groups is 1. The van der Waals surface area contributed by atoms with Crippen LogP contribution in [0.3, 0.4) is 0 Å². The van der Waals surface area contributed by atoms with E-state index in [0.717, 1.165) is 35.3 Å². The number of anilines is 1. The van der Waals surface area contributed by atoms with Crippen molar-refractivity contribution in [2.75, 3.05) is 18.9 Å². The maximum absolute atomic E-state index is 12.7. The Kier molecular flexibility index (Phi) is 3.62. The van der Waals surface area contributed by atoms with Crippen molar-refractivity contribution >= 4 is 22.4 Å². The lowest BCUT2D eigenvalue weighted by atomic mass is 10.2. The molecule has 8 heteroatoms. The first-order valence-corrected chi connectivity index (χ1v) is 7.77. The molecular weight excluding hydrogens is 288 g/mol. The van der Waals surface area contributed by atoms with E-state index in [-0.39, 0.29) is 5.91 Å². The lowest BCUT2D eigenvalue weighted by molar-refractivity contribution is 0.0707. The quantitative estimate of drug-likeness (QED) is 0.925. The van der Waals surface area contributed by atoms with Crippen molar-refractivity contribution in [3.8, 4) is 0 Å². The summed E-state index contributed by atoms with van der Waals surface area (Å²) >= 11 is 1.32. The molecule has 0 aliphatic carbocycles. The molecule has 0 bridgehead atoms. The Hall–Kier alpha value is -1.96. The zero-order valence-electron chi connectivity index (χ0n) is 12.4. The van der Waals surface area contributed by atoms with E-state index in [1.54, 1.807) is 0 Å². The first-order chi connectivity index (χ1) is 10.2. The third kappa shape index (κ3) is 2.29. The van der Waals surface area contributed by atoms with E-state index in [4.69, 9.17) is 0 Å². The van der Waals surface area contributed by atoms with Crippen LogP contribution < -0.4 is 5.32 Å². The highest BCUT2D eigenvalue weighted by Gasteiger charge is 2.28. The van der Waals surface area contributed by atoms with Crippen molar-refractivity contribution in [3.05, 3.63) is 22.9 Å². The van der Waals surface area contributed by atoms with Crippen LogP contribution in [0.25, 0.3) is 0 Å². The van der Waals surface area contributed by atoms with Crippen LogP contribution in [-0.4, -0.2) is 43.5 Å². The smallest absolute Gasteiger partial charge is 0.259 e. The maximum Gasteiger partial charge on any atom is 0.259 e. The van der Waals surface area contributed by atoms with Crippen LogP contribution in [0.5, 0.6) is 0 Å². The summed E-state index contributed by atoms with van der Waals surface area (Å²) in [7, 11) is 1.81. The van der Waals surface area contributed by atoms with Crippen LogP contribution in [0.1, 0.15) is 34.6 Å². The van der Waals surface area contributed by atoms with Gasteiger partial charge in [-0.25, -0.2) is 0 Å². The van der Waals surface area contributed by atoms with E-state index in [1.165, 1.54) is 11.5 Å². The SMILES string of the molecule is CCc1nnc2n1CCN(C(=O)c1c(C)nsc1NC)C2. The zero-order chi connectivity index (χ0) is 15.0. The third-order valence-corrected chi connectivity index (χ3v) is 4.69. The zero-order valence-corrected chi connectivity index (χ0v) is 13.2. The summed E-state index contributed by atoms with van der Waals surface area (Å²) in [4.78, 5) is 14.6. The van der Waals surface area contributed by atoms with Gasteiger partial charge < -0.3 is 14.8 Å². The number of aryl methyl sites for hydroxylation is 2. The summed E-state index contributed by atoms with van der Waals surface area (Å²) in [6, 6.07) is 0. The standard InChI is InChI=1S/C13H18N6OS/c1-4-9-15-16-10-7-18(5-6-19(9)10)13(20)11-8(2)17-21-12(11)14-3/h14H,4-7H2,1-3H3. The van der Waals surface area contributed by atoms with Crippen molar-refractivity contribution in [2.24, 2.45) is 0 Å². The molecule has 1 aliphatic rings. The molecule has 1 amide bonds. The van der Waals surface area contributed by atoms with Gasteiger partial charge in [0.15, 0.2) is 5.82 Å². The van der Waals surface area contributed by atoms with Gasteiger partial charge in [-0.15, -0.1) is 10.2 Å². The molecule has 0 saturated heterocycles. The van der Waals surface area contributed by atoms with Crippen molar-refractivity contribution in [3.63, 3.8) is 0 Å². The molecule has 0 spiro atoms. The summed E-state index contributed by atoms with van der Waals surface area (Å²) in [5, 5.41) is 12.2. The average Bonchev–Trinajstić information content (AvgIpc) is 3.08. The molecule has 2 aromatic rings. The van der Waals surface area contributed by atoms with E-state index in [0.29, 0.717) is 18.7 Å². The Morgan fingerprint density at radius 1 is 1.38 bits per heavy atom. The van der Waals surface area contributed by atoms with Gasteiger partial charge in [0, 0.05) is 26.6 Å². The van der Waals surface area contributed by atoms with Crippen molar-refractivity contribution < 1.29 is 4.79 Å². The number of fused-ring (bicyclic) bond motifs is 1. The normalized spacial score (nSPS) is 14.1. The number of hydrogen-bond donors (Lipinski definition) is 1. The van der Waals surface area contributed by atoms with Gasteiger partial charge in [0.1, 0.15) is 10.8 Å². The van der Waals surface area contributed by atoms with E-state index < -0.39 is 0 Å². The van der Waals surface area contributed by atoms with Crippen molar-refractivity contribution in [1.82, 2.24) is 24.0 Å². The minimum Gasteiger partial charge on any atom is -0.378 e. The lowest BCUT2D eigenvalue weighted by Crippen LogP contribution is -2.39. The average molecular weight is 306 g/mol. The van der Waals surface area contributed by atoms with Gasteiger partial charge in [-0.05, 0) is 18.5 Å². The number of amides is 1. The molecule has 0 saturated carbocycles. The predicted octanol–water partition coefficient (Wildman–Crippen LogP) is 1.30. The number of hydrogen-bond acceptors (Lipinski definition) is 6. The molecule has 0 aromatic carbocycles. The fraction of sp³-hybridized carbons (Fsp3) is 0.538. The Labute approximate surface area is 127 Å². The molecule has 0 fully saturated rings. The van der Waals surface area contributed by atoms with Crippen LogP contribution in [-0.2, 0) is 19.5 Å². The second-order valence-corrected chi connectivity index (χ2v) is 5.76. The fourth-order valence-corrected chi connectivity index (χ4v) is 3.34. The third-order valence-electron chi connectivity index (χ3n) is 3.74. The molecule has 7 nitrogen and oxygen atoms in total. The van der Waals surface area contributed by atoms with E-state index >= 15 is 0 Å². The molecule has 3 heterocycles. The van der Waals surface area contributed by atoms with E-state index in [9.17, 15) is 4.79 Å². The summed E-state index contributed by atoms with van der Waals surface area (Å²) in [6.45, 7) is 5.86. The van der Waals surface area contributed by atoms with Crippen LogP contribution in [0.4, 0.5) is 5.00 Å². The van der Waals surface area contributed by atoms with Crippen molar-refractivity contribution in [1.29, 1.82) is 0 Å². The Morgan fingerprint density at radius 2 is 2.19 bits per heavy atom. The van der Waals surface area contributed by atoms with E-state index in [1.807, 2.05) is 18.9 Å². The number of rotatable bonds is 3. The number of carbonyl (C=O) groups excluding carboxylic acids is 1. The van der Waals surface area contributed by atoms with Gasteiger partial charge in [-0.2, -0.15) is 4.37 Å². The molecule has 3 rings (SSSR count). The number of nitrogens with zero attached hydrogens (tertiary/aromatic N) is 5. The first kappa shape index (κ1) is 14.0. The number of nitrogens with one attached hydrogen (secondary N) is 1. The second kappa shape index (κ2) is 5.44. The first-order valence-electron chi connectivity index (χ1n) is 7.00. The minimum absolute atomic E-state index is 0.0119. The minimum atomic E-state index is 0.0119. The molecule has 0 unspecified atom stereocenters. The summed E-state index contributed by atoms with van der Waals surface area (Å²) < 4.78 is 6.38. The van der Waals surface area contributed by atoms with Crippen molar-refractivity contribution in [2.45, 2.75) is 33.4 Å². The highest BCUT2D eigenvalue weighted by atomic mass is 32.1. The van der Waals surface area contributed by atoms with Crippen LogP contribution in [0, 0.1) is 6.92 Å². The molecule has 21 heavy (non-hydrogen) atoms. The Bertz CT molecular complexity index is 676. The van der Waals surface area contributed by atoms with Gasteiger partial charge in [0.05, 0.1) is 17.8 Å². The Balaban J connectivity index is 1.86. The summed E-state index contributed by atoms with van der Waals surface area (Å²) in [5.74, 6) is 1.86. The molecule has 0 radical (unpaired) electrons. The topological polar surface area (TPSA) is 75.9 Å². The number of aromatic nitrogens is 4. The second-order valence-electron chi connectivity index (χ2n) is 4.99.